The maximum absolute atomic E-state index is 12.2. The summed E-state index contributed by atoms with van der Waals surface area (Å²) in [6.45, 7) is 3.23. The highest BCUT2D eigenvalue weighted by atomic mass is 32.2. The van der Waals surface area contributed by atoms with Gasteiger partial charge in [-0.05, 0) is 38.4 Å². The molecule has 0 amide bonds. The molecule has 0 fully saturated rings. The Morgan fingerprint density at radius 1 is 1.14 bits per heavy atom. The molecule has 3 aromatic rings. The van der Waals surface area contributed by atoms with Crippen molar-refractivity contribution in [2.24, 2.45) is 0 Å². The molecule has 0 spiro atoms. The van der Waals surface area contributed by atoms with Gasteiger partial charge in [0, 0.05) is 31.6 Å². The summed E-state index contributed by atoms with van der Waals surface area (Å²) in [6.07, 6.45) is 7.86. The minimum Gasteiger partial charge on any atom is -0.318 e. The lowest BCUT2D eigenvalue weighted by atomic mass is 10.1. The highest BCUT2D eigenvalue weighted by molar-refractivity contribution is 7.90. The fraction of sp³-hybridized carbons (Fsp3) is 0.381. The lowest BCUT2D eigenvalue weighted by Crippen LogP contribution is -2.25. The summed E-state index contributed by atoms with van der Waals surface area (Å²) in [5.74, 6) is 0. The van der Waals surface area contributed by atoms with E-state index in [0.717, 1.165) is 24.2 Å². The van der Waals surface area contributed by atoms with Crippen molar-refractivity contribution >= 4 is 9.84 Å². The molecule has 0 bridgehead atoms. The molecule has 1 atom stereocenters. The highest BCUT2D eigenvalue weighted by Gasteiger charge is 2.21. The van der Waals surface area contributed by atoms with Crippen LogP contribution >= 0.6 is 0 Å². The first kappa shape index (κ1) is 21.1. The average Bonchev–Trinajstić information content (AvgIpc) is 3.12. The van der Waals surface area contributed by atoms with Crippen LogP contribution in [0.1, 0.15) is 36.3 Å². The molecule has 0 radical (unpaired) electrons. The number of aryl methyl sites for hydroxylation is 1. The van der Waals surface area contributed by atoms with Gasteiger partial charge in [-0.3, -0.25) is 4.90 Å². The number of hydrogen-bond acceptors (Lipinski definition) is 6. The Morgan fingerprint density at radius 2 is 1.90 bits per heavy atom. The summed E-state index contributed by atoms with van der Waals surface area (Å²) in [7, 11) is -1.41. The number of aromatic nitrogens is 4. The molecular weight excluding hydrogens is 386 g/mol. The van der Waals surface area contributed by atoms with Crippen LogP contribution in [0.5, 0.6) is 0 Å². The van der Waals surface area contributed by atoms with Gasteiger partial charge < -0.3 is 4.57 Å². The van der Waals surface area contributed by atoms with Crippen LogP contribution in [-0.2, 0) is 29.3 Å². The van der Waals surface area contributed by atoms with Crippen LogP contribution in [0.4, 0.5) is 0 Å². The molecular formula is C21H27N5O2S. The average molecular weight is 414 g/mol. The number of nitrogens with zero attached hydrogens (tertiary/aromatic N) is 5. The zero-order chi connectivity index (χ0) is 20.9. The predicted molar refractivity (Wildman–Crippen MR) is 112 cm³/mol. The summed E-state index contributed by atoms with van der Waals surface area (Å²) in [4.78, 5) is 14.6. The molecule has 1 aromatic carbocycles. The fourth-order valence-corrected chi connectivity index (χ4v) is 4.16. The maximum atomic E-state index is 12.2. The van der Waals surface area contributed by atoms with Crippen molar-refractivity contribution in [1.29, 1.82) is 0 Å². The largest absolute Gasteiger partial charge is 0.318 e. The number of benzene rings is 1. The summed E-state index contributed by atoms with van der Waals surface area (Å²) in [6, 6.07) is 12.2. The Kier molecular flexibility index (Phi) is 6.76. The minimum absolute atomic E-state index is 0.0624. The van der Waals surface area contributed by atoms with Crippen molar-refractivity contribution in [3.63, 3.8) is 0 Å². The first-order valence-corrected chi connectivity index (χ1v) is 11.5. The number of hydrogen-bond donors (Lipinski definition) is 0. The van der Waals surface area contributed by atoms with Crippen LogP contribution < -0.4 is 0 Å². The molecule has 3 rings (SSSR count). The Labute approximate surface area is 172 Å². The predicted octanol–water partition coefficient (Wildman–Crippen LogP) is 2.90. The molecule has 0 aliphatic heterocycles. The molecule has 0 saturated carbocycles. The van der Waals surface area contributed by atoms with Gasteiger partial charge in [0.2, 0.25) is 15.0 Å². The first-order valence-electron chi connectivity index (χ1n) is 9.61. The maximum Gasteiger partial charge on any atom is 0.227 e. The van der Waals surface area contributed by atoms with E-state index in [9.17, 15) is 8.42 Å². The molecule has 7 nitrogen and oxygen atoms in total. The molecule has 0 aliphatic carbocycles. The van der Waals surface area contributed by atoms with Gasteiger partial charge in [0.1, 0.15) is 6.33 Å². The summed E-state index contributed by atoms with van der Waals surface area (Å²) in [5.41, 5.74) is 3.03. The number of sulfone groups is 1. The minimum atomic E-state index is -3.40. The molecule has 2 heterocycles. The molecule has 29 heavy (non-hydrogen) atoms. The van der Waals surface area contributed by atoms with Gasteiger partial charge in [-0.15, -0.1) is 0 Å². The highest BCUT2D eigenvalue weighted by Crippen LogP contribution is 2.20. The van der Waals surface area contributed by atoms with E-state index >= 15 is 0 Å². The van der Waals surface area contributed by atoms with Gasteiger partial charge in [0.05, 0.1) is 17.6 Å². The molecule has 0 unspecified atom stereocenters. The molecule has 0 aliphatic rings. The van der Waals surface area contributed by atoms with E-state index < -0.39 is 9.84 Å². The Balaban J connectivity index is 1.76. The van der Waals surface area contributed by atoms with Crippen molar-refractivity contribution in [1.82, 2.24) is 24.4 Å². The van der Waals surface area contributed by atoms with Crippen molar-refractivity contribution in [2.75, 3.05) is 13.3 Å². The van der Waals surface area contributed by atoms with Crippen LogP contribution in [0.3, 0.4) is 0 Å². The first-order chi connectivity index (χ1) is 13.9. The topological polar surface area (TPSA) is 81.0 Å². The van der Waals surface area contributed by atoms with Crippen molar-refractivity contribution in [3.8, 4) is 0 Å². The van der Waals surface area contributed by atoms with E-state index in [2.05, 4.69) is 38.9 Å². The molecule has 154 valence electrons. The lowest BCUT2D eigenvalue weighted by Gasteiger charge is -2.24. The molecule has 0 saturated heterocycles. The second kappa shape index (κ2) is 9.28. The smallest absolute Gasteiger partial charge is 0.227 e. The second-order valence-corrected chi connectivity index (χ2v) is 9.18. The van der Waals surface area contributed by atoms with Crippen molar-refractivity contribution < 1.29 is 8.42 Å². The number of imidazole rings is 1. The quantitative estimate of drug-likeness (QED) is 0.537. The number of rotatable bonds is 9. The van der Waals surface area contributed by atoms with Crippen molar-refractivity contribution in [2.45, 2.75) is 44.1 Å². The van der Waals surface area contributed by atoms with Gasteiger partial charge in [-0.2, -0.15) is 0 Å². The van der Waals surface area contributed by atoms with E-state index in [-0.39, 0.29) is 11.2 Å². The summed E-state index contributed by atoms with van der Waals surface area (Å²) in [5, 5.41) is 0.128. The third kappa shape index (κ3) is 5.48. The van der Waals surface area contributed by atoms with Crippen LogP contribution in [-0.4, -0.2) is 46.1 Å². The van der Waals surface area contributed by atoms with Crippen molar-refractivity contribution in [3.05, 3.63) is 72.1 Å². The van der Waals surface area contributed by atoms with Crippen LogP contribution in [0.25, 0.3) is 0 Å². The van der Waals surface area contributed by atoms with Gasteiger partial charge in [-0.1, -0.05) is 30.3 Å². The van der Waals surface area contributed by atoms with E-state index in [0.29, 0.717) is 13.1 Å². The fourth-order valence-electron chi connectivity index (χ4n) is 3.31. The standard InChI is InChI=1S/C21H27N5O2S/c1-17(20-11-12-22-16-24-20)25(2)15-19-14-23-21(29(3,27)28)26(19)13-7-10-18-8-5-4-6-9-18/h4-6,8-9,11-12,14,16-17H,7,10,13,15H2,1-3H3/t17-/m1/s1. The monoisotopic (exact) mass is 413 g/mol. The van der Waals surface area contributed by atoms with Gasteiger partial charge in [-0.25, -0.2) is 23.4 Å². The van der Waals surface area contributed by atoms with E-state index in [1.165, 1.54) is 18.1 Å². The van der Waals surface area contributed by atoms with E-state index in [1.54, 1.807) is 12.4 Å². The van der Waals surface area contributed by atoms with Gasteiger partial charge in [0.15, 0.2) is 0 Å². The molecule has 2 aromatic heterocycles. The summed E-state index contributed by atoms with van der Waals surface area (Å²) < 4.78 is 26.3. The third-order valence-electron chi connectivity index (χ3n) is 5.03. The lowest BCUT2D eigenvalue weighted by molar-refractivity contribution is 0.241. The Hall–Kier alpha value is -2.58. The van der Waals surface area contributed by atoms with Gasteiger partial charge in [0.25, 0.3) is 0 Å². The molecule has 8 heteroatoms. The van der Waals surface area contributed by atoms with Crippen LogP contribution in [0, 0.1) is 0 Å². The SMILES string of the molecule is C[C@H](c1ccncn1)N(C)Cc1cnc(S(C)(=O)=O)n1CCCc1ccccc1. The van der Waals surface area contributed by atoms with Gasteiger partial charge >= 0.3 is 0 Å². The van der Waals surface area contributed by atoms with E-state index in [1.807, 2.05) is 35.9 Å². The summed E-state index contributed by atoms with van der Waals surface area (Å²) >= 11 is 0. The zero-order valence-electron chi connectivity index (χ0n) is 17.1. The normalized spacial score (nSPS) is 13.0. The second-order valence-electron chi connectivity index (χ2n) is 7.27. The van der Waals surface area contributed by atoms with Crippen LogP contribution in [0.2, 0.25) is 0 Å². The third-order valence-corrected chi connectivity index (χ3v) is 6.02. The zero-order valence-corrected chi connectivity index (χ0v) is 17.9. The van der Waals surface area contributed by atoms with E-state index in [4.69, 9.17) is 0 Å². The molecule has 0 N–H and O–H groups in total. The van der Waals surface area contributed by atoms with Crippen LogP contribution in [0.15, 0.2) is 60.3 Å². The Morgan fingerprint density at radius 3 is 2.55 bits per heavy atom. The Bertz CT molecular complexity index is 1020.